The Morgan fingerprint density at radius 3 is 0.985 bits per heavy atom. The van der Waals surface area contributed by atoms with E-state index in [0.717, 1.165) is 116 Å². The van der Waals surface area contributed by atoms with Crippen LogP contribution in [0.15, 0.2) is 97.2 Å². The van der Waals surface area contributed by atoms with Gasteiger partial charge in [-0.1, -0.05) is 201 Å². The molecule has 0 spiro atoms. The first-order valence-corrected chi connectivity index (χ1v) is 26.7. The molecule has 0 rings (SSSR count). The predicted molar refractivity (Wildman–Crippen MR) is 279 cm³/mol. The largest absolute Gasteiger partial charge is 0.462 e. The van der Waals surface area contributed by atoms with Gasteiger partial charge in [0.1, 0.15) is 13.2 Å². The van der Waals surface area contributed by atoms with Crippen LogP contribution in [0.3, 0.4) is 0 Å². The van der Waals surface area contributed by atoms with Crippen LogP contribution in [0, 0.1) is 0 Å². The Bertz CT molecular complexity index is 1310. The van der Waals surface area contributed by atoms with E-state index in [0.29, 0.717) is 19.3 Å². The van der Waals surface area contributed by atoms with Crippen LogP contribution < -0.4 is 0 Å². The van der Waals surface area contributed by atoms with Crippen LogP contribution in [0.5, 0.6) is 0 Å². The van der Waals surface area contributed by atoms with Crippen LogP contribution in [-0.2, 0) is 28.6 Å². The number of carbonyl (C=O) groups is 3. The third kappa shape index (κ3) is 51.2. The smallest absolute Gasteiger partial charge is 0.306 e. The minimum Gasteiger partial charge on any atom is -0.462 e. The fourth-order valence-electron chi connectivity index (χ4n) is 7.09. The first-order valence-electron chi connectivity index (χ1n) is 26.7. The van der Waals surface area contributed by atoms with Crippen molar-refractivity contribution in [2.24, 2.45) is 0 Å². The van der Waals surface area contributed by atoms with Crippen LogP contribution in [0.2, 0.25) is 0 Å². The molecule has 0 aromatic heterocycles. The highest BCUT2D eigenvalue weighted by Crippen LogP contribution is 2.14. The number of ether oxygens (including phenoxy) is 3. The van der Waals surface area contributed by atoms with E-state index >= 15 is 0 Å². The molecule has 0 radical (unpaired) electrons. The second-order valence-electron chi connectivity index (χ2n) is 17.4. The van der Waals surface area contributed by atoms with E-state index in [1.165, 1.54) is 77.0 Å². The predicted octanol–water partition coefficient (Wildman–Crippen LogP) is 17.8. The van der Waals surface area contributed by atoms with Gasteiger partial charge in [-0.25, -0.2) is 0 Å². The summed E-state index contributed by atoms with van der Waals surface area (Å²) in [5, 5.41) is 0. The maximum atomic E-state index is 12.8. The van der Waals surface area contributed by atoms with Gasteiger partial charge < -0.3 is 14.2 Å². The molecule has 1 unspecified atom stereocenters. The van der Waals surface area contributed by atoms with Crippen molar-refractivity contribution in [3.05, 3.63) is 97.2 Å². The number of hydrogen-bond donors (Lipinski definition) is 0. The average molecular weight is 903 g/mol. The molecular formula is C59H98O6. The Hall–Kier alpha value is -3.67. The van der Waals surface area contributed by atoms with Crippen molar-refractivity contribution in [2.75, 3.05) is 13.2 Å². The number of esters is 3. The Morgan fingerprint density at radius 2 is 0.600 bits per heavy atom. The number of hydrogen-bond acceptors (Lipinski definition) is 6. The van der Waals surface area contributed by atoms with E-state index in [-0.39, 0.29) is 37.5 Å². The van der Waals surface area contributed by atoms with Gasteiger partial charge >= 0.3 is 17.9 Å². The molecule has 1 atom stereocenters. The Morgan fingerprint density at radius 1 is 0.323 bits per heavy atom. The van der Waals surface area contributed by atoms with E-state index in [9.17, 15) is 14.4 Å². The minimum atomic E-state index is -0.807. The zero-order chi connectivity index (χ0) is 47.2. The van der Waals surface area contributed by atoms with E-state index in [2.05, 4.69) is 118 Å². The quantitative estimate of drug-likeness (QED) is 0.0262. The first kappa shape index (κ1) is 61.3. The molecule has 0 aliphatic rings. The fraction of sp³-hybridized carbons (Fsp3) is 0.678. The van der Waals surface area contributed by atoms with Crippen molar-refractivity contribution in [3.8, 4) is 0 Å². The lowest BCUT2D eigenvalue weighted by atomic mass is 10.1. The summed E-state index contributed by atoms with van der Waals surface area (Å²) in [6.45, 7) is 6.35. The molecule has 0 aromatic carbocycles. The summed E-state index contributed by atoms with van der Waals surface area (Å²) in [4.78, 5) is 38.0. The highest BCUT2D eigenvalue weighted by Gasteiger charge is 2.19. The lowest BCUT2D eigenvalue weighted by molar-refractivity contribution is -0.167. The van der Waals surface area contributed by atoms with Gasteiger partial charge in [-0.05, 0) is 116 Å². The summed E-state index contributed by atoms with van der Waals surface area (Å²) in [7, 11) is 0. The van der Waals surface area contributed by atoms with E-state index in [1.54, 1.807) is 0 Å². The molecule has 0 fully saturated rings. The third-order valence-corrected chi connectivity index (χ3v) is 11.1. The molecular weight excluding hydrogens is 805 g/mol. The molecule has 0 amide bonds. The number of allylic oxidation sites excluding steroid dienone is 16. The van der Waals surface area contributed by atoms with Crippen molar-refractivity contribution in [3.63, 3.8) is 0 Å². The molecule has 6 nitrogen and oxygen atoms in total. The van der Waals surface area contributed by atoms with E-state index in [4.69, 9.17) is 14.2 Å². The SMILES string of the molecule is CC/C=C\C/C=C\C/C=C\C/C=C\CCCCC(=O)OC(COC(=O)CCCCCCC/C=C\CCCCCCCC)COC(=O)CCCCCCCCC/C=C\C/C=C\C/C=C\CC. The summed E-state index contributed by atoms with van der Waals surface area (Å²) in [6, 6.07) is 0. The van der Waals surface area contributed by atoms with Crippen molar-refractivity contribution in [2.45, 2.75) is 245 Å². The third-order valence-electron chi connectivity index (χ3n) is 11.1. The molecule has 0 N–H and O–H groups in total. The standard InChI is InChI=1S/C59H98O6/c1-4-7-10-13-16-19-22-25-28-29-32-34-37-40-43-46-49-52-58(61)64-55-56(65-59(62)53-50-47-44-41-38-35-31-27-24-21-18-15-12-9-6-3)54-63-57(60)51-48-45-42-39-36-33-30-26-23-20-17-14-11-8-5-2/h7,9-10,12,16,18-19,21,25-28,30-31,38,41,56H,4-6,8,11,13-15,17,20,22-24,29,32-37,39-40,42-55H2,1-3H3/b10-7-,12-9-,19-16-,21-18-,28-25-,30-26-,31-27-,41-38-. The normalized spacial score (nSPS) is 12.8. The maximum absolute atomic E-state index is 12.8. The van der Waals surface area contributed by atoms with Crippen LogP contribution in [0.25, 0.3) is 0 Å². The number of unbranched alkanes of at least 4 members (excludes halogenated alkanes) is 20. The second kappa shape index (κ2) is 52.9. The number of carbonyl (C=O) groups excluding carboxylic acids is 3. The lowest BCUT2D eigenvalue weighted by Crippen LogP contribution is -2.30. The molecule has 0 bridgehead atoms. The Balaban J connectivity index is 4.48. The summed E-state index contributed by atoms with van der Waals surface area (Å²) in [6.07, 6.45) is 69.6. The zero-order valence-corrected chi connectivity index (χ0v) is 42.2. The van der Waals surface area contributed by atoms with E-state index < -0.39 is 6.10 Å². The zero-order valence-electron chi connectivity index (χ0n) is 42.2. The van der Waals surface area contributed by atoms with Crippen molar-refractivity contribution >= 4 is 17.9 Å². The number of rotatable bonds is 47. The summed E-state index contributed by atoms with van der Waals surface area (Å²) >= 11 is 0. The van der Waals surface area contributed by atoms with E-state index in [1.807, 2.05) is 0 Å². The van der Waals surface area contributed by atoms with Gasteiger partial charge in [0, 0.05) is 19.3 Å². The van der Waals surface area contributed by atoms with Crippen LogP contribution in [0.1, 0.15) is 239 Å². The maximum Gasteiger partial charge on any atom is 0.306 e. The summed E-state index contributed by atoms with van der Waals surface area (Å²) in [5.74, 6) is -0.963. The monoisotopic (exact) mass is 903 g/mol. The fourth-order valence-corrected chi connectivity index (χ4v) is 7.09. The van der Waals surface area contributed by atoms with Gasteiger partial charge in [0.05, 0.1) is 0 Å². The van der Waals surface area contributed by atoms with Gasteiger partial charge in [0.25, 0.3) is 0 Å². The van der Waals surface area contributed by atoms with Gasteiger partial charge in [0.2, 0.25) is 0 Å². The van der Waals surface area contributed by atoms with Gasteiger partial charge in [-0.2, -0.15) is 0 Å². The van der Waals surface area contributed by atoms with Crippen molar-refractivity contribution < 1.29 is 28.6 Å². The second-order valence-corrected chi connectivity index (χ2v) is 17.4. The molecule has 0 aliphatic carbocycles. The summed E-state index contributed by atoms with van der Waals surface area (Å²) in [5.41, 5.74) is 0. The molecule has 6 heteroatoms. The molecule has 0 heterocycles. The Labute approximate surface area is 400 Å². The molecule has 370 valence electrons. The highest BCUT2D eigenvalue weighted by atomic mass is 16.6. The summed E-state index contributed by atoms with van der Waals surface area (Å²) < 4.78 is 16.8. The average Bonchev–Trinajstić information content (AvgIpc) is 3.30. The lowest BCUT2D eigenvalue weighted by Gasteiger charge is -2.18. The molecule has 65 heavy (non-hydrogen) atoms. The van der Waals surface area contributed by atoms with Crippen LogP contribution in [-0.4, -0.2) is 37.2 Å². The molecule has 0 aromatic rings. The minimum absolute atomic E-state index is 0.103. The Kier molecular flexibility index (Phi) is 50.0. The van der Waals surface area contributed by atoms with Gasteiger partial charge in [-0.3, -0.25) is 14.4 Å². The molecule has 0 saturated carbocycles. The van der Waals surface area contributed by atoms with Crippen molar-refractivity contribution in [1.82, 2.24) is 0 Å². The van der Waals surface area contributed by atoms with Crippen LogP contribution >= 0.6 is 0 Å². The first-order chi connectivity index (χ1) is 32.0. The molecule has 0 saturated heterocycles. The van der Waals surface area contributed by atoms with Gasteiger partial charge in [-0.15, -0.1) is 0 Å². The van der Waals surface area contributed by atoms with Gasteiger partial charge in [0.15, 0.2) is 6.10 Å². The molecule has 0 aliphatic heterocycles. The van der Waals surface area contributed by atoms with Crippen molar-refractivity contribution in [1.29, 1.82) is 0 Å². The van der Waals surface area contributed by atoms with Crippen LogP contribution in [0.4, 0.5) is 0 Å². The topological polar surface area (TPSA) is 78.9 Å². The highest BCUT2D eigenvalue weighted by molar-refractivity contribution is 5.71.